The van der Waals surface area contributed by atoms with E-state index in [1.807, 2.05) is 0 Å². The van der Waals surface area contributed by atoms with Crippen molar-refractivity contribution in [2.45, 2.75) is 13.0 Å². The molecule has 0 spiro atoms. The van der Waals surface area contributed by atoms with Gasteiger partial charge in [-0.1, -0.05) is 16.8 Å². The molecule has 0 radical (unpaired) electrons. The Labute approximate surface area is 211 Å². The lowest BCUT2D eigenvalue weighted by atomic mass is 9.94. The maximum Gasteiger partial charge on any atom is 0.301 e. The number of aliphatic hydroxyl groups is 1. The maximum absolute atomic E-state index is 13.3. The molecule has 0 saturated carbocycles. The number of ketones is 1. The van der Waals surface area contributed by atoms with Crippen molar-refractivity contribution in [1.29, 1.82) is 0 Å². The van der Waals surface area contributed by atoms with E-state index < -0.39 is 23.5 Å². The Kier molecular flexibility index (Phi) is 6.80. The first-order chi connectivity index (χ1) is 17.2. The molecule has 1 atom stereocenters. The lowest BCUT2D eigenvalue weighted by Gasteiger charge is -2.24. The number of benzene rings is 2. The number of carbonyl (C=O) groups excluding carboxylic acids is 2. The number of Topliss-reactive ketones (excluding diaryl/α,β-unsaturated/α-hetero) is 1. The van der Waals surface area contributed by atoms with Gasteiger partial charge >= 0.3 is 5.91 Å². The fraction of sp³-hybridized carbons (Fsp3) is 0.240. The van der Waals surface area contributed by atoms with Gasteiger partial charge in [-0.05, 0) is 42.8 Å². The lowest BCUT2D eigenvalue weighted by molar-refractivity contribution is -0.132. The molecular formula is C25H23ClN2O8. The number of hydrogen-bond acceptors (Lipinski definition) is 9. The third-order valence-electron chi connectivity index (χ3n) is 5.73. The number of rotatable bonds is 7. The van der Waals surface area contributed by atoms with E-state index in [2.05, 4.69) is 5.16 Å². The molecule has 3 aromatic rings. The number of ether oxygens (including phenoxy) is 4. The van der Waals surface area contributed by atoms with Gasteiger partial charge in [0.2, 0.25) is 5.75 Å². The minimum absolute atomic E-state index is 0.0974. The molecule has 1 saturated heterocycles. The van der Waals surface area contributed by atoms with E-state index in [0.29, 0.717) is 34.3 Å². The van der Waals surface area contributed by atoms with Crippen LogP contribution in [0.15, 0.2) is 46.5 Å². The highest BCUT2D eigenvalue weighted by Crippen LogP contribution is 2.47. The van der Waals surface area contributed by atoms with Crippen LogP contribution in [0.4, 0.5) is 5.82 Å². The first kappa shape index (κ1) is 24.9. The van der Waals surface area contributed by atoms with Crippen molar-refractivity contribution in [1.82, 2.24) is 5.16 Å². The third-order valence-corrected chi connectivity index (χ3v) is 6.03. The van der Waals surface area contributed by atoms with Crippen molar-refractivity contribution < 1.29 is 38.2 Å². The number of aliphatic hydroxyl groups excluding tert-OH is 1. The number of methoxy groups -OCH3 is 4. The molecule has 4 rings (SSSR count). The van der Waals surface area contributed by atoms with E-state index in [4.69, 9.17) is 35.1 Å². The van der Waals surface area contributed by atoms with Crippen LogP contribution in [-0.4, -0.2) is 50.4 Å². The summed E-state index contributed by atoms with van der Waals surface area (Å²) in [6, 6.07) is 8.10. The number of aryl methyl sites for hydroxylation is 1. The Bertz CT molecular complexity index is 1360. The van der Waals surface area contributed by atoms with E-state index in [1.54, 1.807) is 25.1 Å². The van der Waals surface area contributed by atoms with Crippen LogP contribution < -0.4 is 23.8 Å². The van der Waals surface area contributed by atoms with Gasteiger partial charge in [0.25, 0.3) is 5.78 Å². The summed E-state index contributed by atoms with van der Waals surface area (Å²) in [5.74, 6) is -0.436. The summed E-state index contributed by atoms with van der Waals surface area (Å²) in [7, 11) is 5.80. The van der Waals surface area contributed by atoms with E-state index in [9.17, 15) is 14.7 Å². The molecule has 10 nitrogen and oxygen atoms in total. The molecule has 2 aromatic carbocycles. The van der Waals surface area contributed by atoms with Gasteiger partial charge < -0.3 is 28.6 Å². The molecule has 2 heterocycles. The largest absolute Gasteiger partial charge is 0.507 e. The molecule has 0 bridgehead atoms. The van der Waals surface area contributed by atoms with E-state index in [-0.39, 0.29) is 22.0 Å². The molecule has 188 valence electrons. The van der Waals surface area contributed by atoms with E-state index >= 15 is 0 Å². The smallest absolute Gasteiger partial charge is 0.301 e. The monoisotopic (exact) mass is 514 g/mol. The first-order valence-electron chi connectivity index (χ1n) is 10.6. The Hall–Kier alpha value is -4.18. The lowest BCUT2D eigenvalue weighted by Crippen LogP contribution is -2.29. The molecule has 1 aliphatic rings. The molecule has 1 unspecified atom stereocenters. The summed E-state index contributed by atoms with van der Waals surface area (Å²) in [5.41, 5.74) is 0.425. The number of carbonyl (C=O) groups is 2. The zero-order chi connectivity index (χ0) is 26.1. The number of hydrogen-bond donors (Lipinski definition) is 1. The molecule has 36 heavy (non-hydrogen) atoms. The average molecular weight is 515 g/mol. The SMILES string of the molecule is COc1ccc(C(O)=C2C(=O)C(=O)N(c3cc(C)on3)C2c2cc(OC)c(OC)c(OC)c2)cc1Cl. The summed E-state index contributed by atoms with van der Waals surface area (Å²) in [6.07, 6.45) is 0. The van der Waals surface area contributed by atoms with Crippen LogP contribution in [0.1, 0.15) is 22.9 Å². The predicted octanol–water partition coefficient (Wildman–Crippen LogP) is 4.30. The van der Waals surface area contributed by atoms with Crippen molar-refractivity contribution in [2.24, 2.45) is 0 Å². The minimum Gasteiger partial charge on any atom is -0.507 e. The highest BCUT2D eigenvalue weighted by Gasteiger charge is 2.48. The first-order valence-corrected chi connectivity index (χ1v) is 11.0. The normalized spacial score (nSPS) is 16.8. The van der Waals surface area contributed by atoms with Crippen molar-refractivity contribution in [3.8, 4) is 23.0 Å². The zero-order valence-corrected chi connectivity index (χ0v) is 20.9. The number of nitrogens with zero attached hydrogens (tertiary/aromatic N) is 2. The van der Waals surface area contributed by atoms with Crippen LogP contribution >= 0.6 is 11.6 Å². The fourth-order valence-corrected chi connectivity index (χ4v) is 4.34. The van der Waals surface area contributed by atoms with Crippen molar-refractivity contribution in [2.75, 3.05) is 33.3 Å². The van der Waals surface area contributed by atoms with Gasteiger partial charge in [-0.2, -0.15) is 0 Å². The fourth-order valence-electron chi connectivity index (χ4n) is 4.08. The highest BCUT2D eigenvalue weighted by molar-refractivity contribution is 6.51. The van der Waals surface area contributed by atoms with Crippen LogP contribution in [0.5, 0.6) is 23.0 Å². The van der Waals surface area contributed by atoms with E-state index in [0.717, 1.165) is 4.90 Å². The molecule has 1 fully saturated rings. The number of halogens is 1. The summed E-state index contributed by atoms with van der Waals surface area (Å²) in [4.78, 5) is 27.7. The second kappa shape index (κ2) is 9.82. The molecule has 1 aliphatic heterocycles. The number of anilines is 1. The van der Waals surface area contributed by atoms with Gasteiger partial charge in [0.15, 0.2) is 17.3 Å². The molecule has 1 aromatic heterocycles. The molecule has 0 aliphatic carbocycles. The average Bonchev–Trinajstić information content (AvgIpc) is 3.42. The summed E-state index contributed by atoms with van der Waals surface area (Å²) in [5, 5.41) is 15.4. The van der Waals surface area contributed by atoms with Crippen LogP contribution in [0.2, 0.25) is 5.02 Å². The van der Waals surface area contributed by atoms with Gasteiger partial charge in [0.05, 0.1) is 45.1 Å². The topological polar surface area (TPSA) is 121 Å². The Balaban J connectivity index is 2.00. The van der Waals surface area contributed by atoms with Crippen LogP contribution in [-0.2, 0) is 9.59 Å². The van der Waals surface area contributed by atoms with Crippen molar-refractivity contribution in [3.63, 3.8) is 0 Å². The van der Waals surface area contributed by atoms with Crippen molar-refractivity contribution in [3.05, 3.63) is 63.9 Å². The van der Waals surface area contributed by atoms with Gasteiger partial charge in [-0.3, -0.25) is 14.5 Å². The second-order valence-electron chi connectivity index (χ2n) is 7.77. The Morgan fingerprint density at radius 1 is 0.972 bits per heavy atom. The molecule has 11 heteroatoms. The zero-order valence-electron chi connectivity index (χ0n) is 20.1. The van der Waals surface area contributed by atoms with Crippen LogP contribution in [0, 0.1) is 6.92 Å². The third kappa shape index (κ3) is 4.09. The predicted molar refractivity (Wildman–Crippen MR) is 130 cm³/mol. The van der Waals surface area contributed by atoms with Gasteiger partial charge in [0.1, 0.15) is 17.3 Å². The summed E-state index contributed by atoms with van der Waals surface area (Å²) >= 11 is 6.25. The van der Waals surface area contributed by atoms with Crippen LogP contribution in [0.3, 0.4) is 0 Å². The second-order valence-corrected chi connectivity index (χ2v) is 8.18. The number of amides is 1. The summed E-state index contributed by atoms with van der Waals surface area (Å²) < 4.78 is 26.6. The Morgan fingerprint density at radius 2 is 1.61 bits per heavy atom. The maximum atomic E-state index is 13.3. The minimum atomic E-state index is -1.11. The Morgan fingerprint density at radius 3 is 2.11 bits per heavy atom. The standard InChI is InChI=1S/C25H23ClN2O8/c1-12-8-19(27-36-12)28-21(14-10-17(33-3)24(35-5)18(11-14)34-4)20(23(30)25(28)31)22(29)13-6-7-16(32-2)15(26)9-13/h6-11,21,29H,1-5H3. The summed E-state index contributed by atoms with van der Waals surface area (Å²) in [6.45, 7) is 1.65. The van der Waals surface area contributed by atoms with Gasteiger partial charge in [-0.25, -0.2) is 0 Å². The molecule has 1 N–H and O–H groups in total. The molecule has 1 amide bonds. The van der Waals surface area contributed by atoms with Crippen molar-refractivity contribution >= 4 is 34.9 Å². The van der Waals surface area contributed by atoms with E-state index in [1.165, 1.54) is 46.6 Å². The van der Waals surface area contributed by atoms with Gasteiger partial charge in [-0.15, -0.1) is 0 Å². The van der Waals surface area contributed by atoms with Crippen LogP contribution in [0.25, 0.3) is 5.76 Å². The molecular weight excluding hydrogens is 492 g/mol. The van der Waals surface area contributed by atoms with Gasteiger partial charge in [0, 0.05) is 11.6 Å². The quantitative estimate of drug-likeness (QED) is 0.279. The highest BCUT2D eigenvalue weighted by atomic mass is 35.5. The number of aromatic nitrogens is 1.